The Kier molecular flexibility index (Phi) is 21.0. The van der Waals surface area contributed by atoms with Gasteiger partial charge in [0.25, 0.3) is 11.7 Å². The molecule has 65 heavy (non-hydrogen) atoms. The second-order valence-electron chi connectivity index (χ2n) is 19.6. The van der Waals surface area contributed by atoms with Gasteiger partial charge in [-0.1, -0.05) is 71.1 Å². The quantitative estimate of drug-likeness (QED) is 0.156. The van der Waals surface area contributed by atoms with E-state index in [9.17, 15) is 39.3 Å². The molecule has 4 aliphatic rings. The van der Waals surface area contributed by atoms with Gasteiger partial charge in [0.15, 0.2) is 5.78 Å². The molecule has 14 unspecified atom stereocenters. The van der Waals surface area contributed by atoms with Gasteiger partial charge in [0, 0.05) is 58.5 Å². The van der Waals surface area contributed by atoms with E-state index in [1.807, 2.05) is 58.1 Å². The lowest BCUT2D eigenvalue weighted by atomic mass is 9.78. The summed E-state index contributed by atoms with van der Waals surface area (Å²) >= 11 is 0. The van der Waals surface area contributed by atoms with Crippen LogP contribution in [0, 0.1) is 35.5 Å². The molecule has 1 aliphatic carbocycles. The minimum absolute atomic E-state index is 0.0193. The molecular formula is C51H79NO13. The highest BCUT2D eigenvalue weighted by Gasteiger charge is 2.53. The maximum absolute atomic E-state index is 14.4. The summed E-state index contributed by atoms with van der Waals surface area (Å²) in [5, 5.41) is 33.8. The molecule has 4 rings (SSSR count). The summed E-state index contributed by atoms with van der Waals surface area (Å²) in [7, 11) is 4.52. The first-order valence-corrected chi connectivity index (χ1v) is 23.9. The number of esters is 1. The van der Waals surface area contributed by atoms with Gasteiger partial charge in [-0.3, -0.25) is 19.2 Å². The number of allylic oxidation sites excluding steroid dienone is 6. The van der Waals surface area contributed by atoms with Crippen LogP contribution in [0.5, 0.6) is 0 Å². The van der Waals surface area contributed by atoms with Crippen LogP contribution >= 0.6 is 0 Å². The number of fused-ring (bicyclic) bond motifs is 3. The Morgan fingerprint density at radius 1 is 0.846 bits per heavy atom. The standard InChI is InChI=1S/C51H79NO13/c1-30-16-12-11-13-17-31(2)42(61-8)28-38-21-19-36(7)51(60,65-38)48(57)49(58)52-23-15-14-18-39(52)50(59)64-43(33(4)26-37-20-22-40(53)44(27-37)62-9)29-41(54)32(3)25-35(6)46(56)47(63-10)45(55)34(5)24-30/h11-13,16-17,25,30,32-34,36-40,42-44,46-47,53,56,60H,14-15,18-24,26-29H2,1-10H3/b13-11+,16-12+,31-17+,35-25+/t30?,32?,33?,34?,36?,37?,38?,39?,40?,42?,43-,44?,46?,47?,51?/m0/s1. The first-order valence-electron chi connectivity index (χ1n) is 23.9. The monoisotopic (exact) mass is 914 g/mol. The summed E-state index contributed by atoms with van der Waals surface area (Å²) in [5.41, 5.74) is 1.27. The van der Waals surface area contributed by atoms with Crippen molar-refractivity contribution < 1.29 is 63.0 Å². The Balaban J connectivity index is 1.70. The van der Waals surface area contributed by atoms with Crippen molar-refractivity contribution in [2.75, 3.05) is 27.9 Å². The number of hydrogen-bond acceptors (Lipinski definition) is 13. The SMILES string of the molecule is COC1CC2CCC(C)C(O)(O2)C(=O)C(=O)N2CCCCC2C(=O)O[C@H](C(C)CC2CCC(O)C(OC)C2)CC(=O)C(C)/C=C(\C)C(O)C(OC)C(=O)C(C)CC(C)/C=C/C=C/C=C/1C. The van der Waals surface area contributed by atoms with E-state index in [0.717, 1.165) is 12.0 Å². The van der Waals surface area contributed by atoms with Crippen LogP contribution in [0.3, 0.4) is 0 Å². The minimum Gasteiger partial charge on any atom is -0.460 e. The fourth-order valence-electron chi connectivity index (χ4n) is 10.1. The number of Topliss-reactive ketones (excluding diaryl/α,β-unsaturated/α-hetero) is 3. The summed E-state index contributed by atoms with van der Waals surface area (Å²) in [6.07, 6.45) is 11.2. The molecule has 1 amide bonds. The number of nitrogens with zero attached hydrogens (tertiary/aromatic N) is 1. The zero-order chi connectivity index (χ0) is 48.2. The van der Waals surface area contributed by atoms with Crippen LogP contribution in [-0.4, -0.2) is 132 Å². The van der Waals surface area contributed by atoms with Crippen LogP contribution in [0.25, 0.3) is 0 Å². The third kappa shape index (κ3) is 14.3. The predicted molar refractivity (Wildman–Crippen MR) is 245 cm³/mol. The number of methoxy groups -OCH3 is 3. The molecule has 15 atom stereocenters. The third-order valence-electron chi connectivity index (χ3n) is 14.5. The van der Waals surface area contributed by atoms with Gasteiger partial charge >= 0.3 is 5.97 Å². The lowest BCUT2D eigenvalue weighted by Gasteiger charge is -2.42. The van der Waals surface area contributed by atoms with Crippen molar-refractivity contribution in [3.63, 3.8) is 0 Å². The molecule has 0 aromatic rings. The van der Waals surface area contributed by atoms with E-state index in [1.54, 1.807) is 41.1 Å². The molecule has 14 nitrogen and oxygen atoms in total. The normalized spacial score (nSPS) is 40.4. The van der Waals surface area contributed by atoms with Crippen molar-refractivity contribution in [1.29, 1.82) is 0 Å². The Hall–Kier alpha value is -3.37. The fraction of sp³-hybridized carbons (Fsp3) is 0.745. The highest BCUT2D eigenvalue weighted by molar-refractivity contribution is 6.39. The molecule has 0 aromatic heterocycles. The predicted octanol–water partition coefficient (Wildman–Crippen LogP) is 6.18. The van der Waals surface area contributed by atoms with Crippen molar-refractivity contribution in [1.82, 2.24) is 4.90 Å². The van der Waals surface area contributed by atoms with Crippen LogP contribution in [0.2, 0.25) is 0 Å². The van der Waals surface area contributed by atoms with Gasteiger partial charge in [-0.05, 0) is 107 Å². The Morgan fingerprint density at radius 2 is 1.57 bits per heavy atom. The van der Waals surface area contributed by atoms with Gasteiger partial charge in [0.1, 0.15) is 30.1 Å². The Bertz CT molecular complexity index is 1760. The Morgan fingerprint density at radius 3 is 2.25 bits per heavy atom. The maximum atomic E-state index is 14.4. The van der Waals surface area contributed by atoms with Gasteiger partial charge in [-0.2, -0.15) is 0 Å². The topological polar surface area (TPSA) is 195 Å². The molecule has 0 radical (unpaired) electrons. The molecule has 0 aromatic carbocycles. The maximum Gasteiger partial charge on any atom is 0.329 e. The second-order valence-corrected chi connectivity index (χ2v) is 19.6. The number of cyclic esters (lactones) is 1. The van der Waals surface area contributed by atoms with E-state index >= 15 is 0 Å². The number of ketones is 3. The average molecular weight is 914 g/mol. The molecule has 0 spiro atoms. The smallest absolute Gasteiger partial charge is 0.329 e. The minimum atomic E-state index is -2.43. The van der Waals surface area contributed by atoms with E-state index < -0.39 is 83.9 Å². The second kappa shape index (κ2) is 25.1. The largest absolute Gasteiger partial charge is 0.460 e. The van der Waals surface area contributed by atoms with Crippen molar-refractivity contribution in [3.8, 4) is 0 Å². The molecule has 14 heteroatoms. The Labute approximate surface area is 387 Å². The number of amides is 1. The molecule has 3 N–H and O–H groups in total. The lowest BCUT2D eigenvalue weighted by Crippen LogP contribution is -2.61. The number of piperidine rings is 1. The van der Waals surface area contributed by atoms with Crippen LogP contribution in [0.1, 0.15) is 126 Å². The van der Waals surface area contributed by atoms with Gasteiger partial charge in [-0.25, -0.2) is 4.79 Å². The molecule has 3 aliphatic heterocycles. The molecule has 3 fully saturated rings. The van der Waals surface area contributed by atoms with E-state index in [-0.39, 0.29) is 54.8 Å². The number of ether oxygens (including phenoxy) is 5. The summed E-state index contributed by atoms with van der Waals surface area (Å²) < 4.78 is 29.4. The van der Waals surface area contributed by atoms with Gasteiger partial charge in [0.05, 0.1) is 24.4 Å². The highest BCUT2D eigenvalue weighted by atomic mass is 16.6. The molecule has 2 saturated heterocycles. The zero-order valence-corrected chi connectivity index (χ0v) is 40.6. The number of aliphatic hydroxyl groups is 3. The van der Waals surface area contributed by atoms with Crippen LogP contribution in [-0.2, 0) is 47.7 Å². The van der Waals surface area contributed by atoms with E-state index in [4.69, 9.17) is 23.7 Å². The molecule has 2 bridgehead atoms. The fourth-order valence-corrected chi connectivity index (χ4v) is 10.1. The van der Waals surface area contributed by atoms with Crippen LogP contribution in [0.15, 0.2) is 47.6 Å². The summed E-state index contributed by atoms with van der Waals surface area (Å²) in [6.45, 7) is 12.7. The average Bonchev–Trinajstić information content (AvgIpc) is 3.28. The first-order chi connectivity index (χ1) is 30.7. The van der Waals surface area contributed by atoms with Crippen molar-refractivity contribution in [3.05, 3.63) is 47.6 Å². The van der Waals surface area contributed by atoms with Gasteiger partial charge in [0.2, 0.25) is 5.79 Å². The number of rotatable bonds is 6. The van der Waals surface area contributed by atoms with Crippen molar-refractivity contribution >= 4 is 29.2 Å². The van der Waals surface area contributed by atoms with Gasteiger partial charge in [-0.15, -0.1) is 0 Å². The molecule has 1 saturated carbocycles. The first kappa shape index (κ1) is 54.2. The molecule has 3 heterocycles. The molecule has 366 valence electrons. The zero-order valence-electron chi connectivity index (χ0n) is 40.6. The molecular weight excluding hydrogens is 835 g/mol. The van der Waals surface area contributed by atoms with Crippen LogP contribution in [0.4, 0.5) is 0 Å². The van der Waals surface area contributed by atoms with Gasteiger partial charge < -0.3 is 43.9 Å². The van der Waals surface area contributed by atoms with E-state index in [2.05, 4.69) is 0 Å². The summed E-state index contributed by atoms with van der Waals surface area (Å²) in [6, 6.07) is -1.14. The number of carbonyl (C=O) groups is 5. The summed E-state index contributed by atoms with van der Waals surface area (Å²) in [5.74, 6) is -7.96. The lowest BCUT2D eigenvalue weighted by molar-refractivity contribution is -0.265. The highest BCUT2D eigenvalue weighted by Crippen LogP contribution is 2.38. The van der Waals surface area contributed by atoms with Crippen LogP contribution < -0.4 is 0 Å². The van der Waals surface area contributed by atoms with E-state index in [1.165, 1.54) is 12.0 Å². The number of aliphatic hydroxyl groups excluding tert-OH is 2. The summed E-state index contributed by atoms with van der Waals surface area (Å²) in [4.78, 5) is 71.8. The van der Waals surface area contributed by atoms with E-state index in [0.29, 0.717) is 63.4 Å². The van der Waals surface area contributed by atoms with Crippen molar-refractivity contribution in [2.24, 2.45) is 35.5 Å². The number of carbonyl (C=O) groups excluding carboxylic acids is 5. The number of hydrogen-bond donors (Lipinski definition) is 3. The van der Waals surface area contributed by atoms with Crippen molar-refractivity contribution in [2.45, 2.75) is 180 Å². The third-order valence-corrected chi connectivity index (χ3v) is 14.5.